The smallest absolute Gasteiger partial charge is 0.208 e. The highest BCUT2D eigenvalue weighted by Gasteiger charge is 2.09. The molecule has 0 spiro atoms. The van der Waals surface area contributed by atoms with E-state index in [1.807, 2.05) is 30.3 Å². The Balaban J connectivity index is 2.44. The normalized spacial score (nSPS) is 13.4. The summed E-state index contributed by atoms with van der Waals surface area (Å²) < 4.78 is 24.2. The summed E-state index contributed by atoms with van der Waals surface area (Å²) in [4.78, 5) is 0. The molecule has 1 rings (SSSR count). The fourth-order valence-electron chi connectivity index (χ4n) is 1.68. The largest absolute Gasteiger partial charge is 0.396 e. The predicted molar refractivity (Wildman–Crippen MR) is 71.7 cm³/mol. The maximum Gasteiger partial charge on any atom is 0.208 e. The number of hydrogen-bond acceptors (Lipinski definition) is 4. The molecule has 5 nitrogen and oxygen atoms in total. The van der Waals surface area contributed by atoms with Crippen molar-refractivity contribution in [3.63, 3.8) is 0 Å². The molecule has 0 saturated carbocycles. The number of nitrogens with one attached hydrogen (secondary N) is 2. The van der Waals surface area contributed by atoms with Gasteiger partial charge in [-0.05, 0) is 12.0 Å². The minimum atomic E-state index is -3.14. The first-order chi connectivity index (χ1) is 8.53. The molecule has 3 N–H and O–H groups in total. The number of benzene rings is 1. The van der Waals surface area contributed by atoms with Crippen LogP contribution in [0.5, 0.6) is 0 Å². The molecular weight excluding hydrogens is 252 g/mol. The highest BCUT2D eigenvalue weighted by molar-refractivity contribution is 7.88. The van der Waals surface area contributed by atoms with Gasteiger partial charge < -0.3 is 10.4 Å². The van der Waals surface area contributed by atoms with Crippen molar-refractivity contribution in [3.8, 4) is 0 Å². The first-order valence-corrected chi connectivity index (χ1v) is 7.76. The third-order valence-electron chi connectivity index (χ3n) is 2.50. The van der Waals surface area contributed by atoms with E-state index in [1.165, 1.54) is 0 Å². The highest BCUT2D eigenvalue weighted by Crippen LogP contribution is 2.15. The Morgan fingerprint density at radius 1 is 1.22 bits per heavy atom. The number of aliphatic hydroxyl groups excluding tert-OH is 1. The Kier molecular flexibility index (Phi) is 6.28. The van der Waals surface area contributed by atoms with Crippen LogP contribution in [0.1, 0.15) is 18.0 Å². The molecule has 0 bridgehead atoms. The molecule has 0 saturated heterocycles. The van der Waals surface area contributed by atoms with Gasteiger partial charge in [0.1, 0.15) is 0 Å². The van der Waals surface area contributed by atoms with E-state index in [1.54, 1.807) is 0 Å². The summed E-state index contributed by atoms with van der Waals surface area (Å²) in [5.41, 5.74) is 1.09. The average Bonchev–Trinajstić information content (AvgIpc) is 2.33. The molecule has 0 aliphatic heterocycles. The van der Waals surface area contributed by atoms with E-state index in [-0.39, 0.29) is 12.6 Å². The summed E-state index contributed by atoms with van der Waals surface area (Å²) in [5.74, 6) is 0. The lowest BCUT2D eigenvalue weighted by Gasteiger charge is -2.18. The van der Waals surface area contributed by atoms with Crippen molar-refractivity contribution in [2.24, 2.45) is 0 Å². The van der Waals surface area contributed by atoms with Gasteiger partial charge in [-0.25, -0.2) is 13.1 Å². The lowest BCUT2D eigenvalue weighted by molar-refractivity contribution is 0.266. The molecule has 0 aliphatic rings. The number of hydrogen-bond donors (Lipinski definition) is 3. The van der Waals surface area contributed by atoms with E-state index >= 15 is 0 Å². The first kappa shape index (κ1) is 15.1. The minimum absolute atomic E-state index is 0.0394. The summed E-state index contributed by atoms with van der Waals surface area (Å²) >= 11 is 0. The van der Waals surface area contributed by atoms with E-state index in [9.17, 15) is 8.42 Å². The van der Waals surface area contributed by atoms with Gasteiger partial charge in [0.2, 0.25) is 10.0 Å². The van der Waals surface area contributed by atoms with Crippen molar-refractivity contribution in [2.45, 2.75) is 12.5 Å². The van der Waals surface area contributed by atoms with Crippen LogP contribution in [0.2, 0.25) is 0 Å². The molecule has 102 valence electrons. The zero-order valence-corrected chi connectivity index (χ0v) is 11.3. The summed E-state index contributed by atoms with van der Waals surface area (Å²) in [6.07, 6.45) is 1.73. The Morgan fingerprint density at radius 2 is 1.89 bits per heavy atom. The molecule has 1 aromatic carbocycles. The predicted octanol–water partition coefficient (Wildman–Crippen LogP) is 0.249. The monoisotopic (exact) mass is 272 g/mol. The van der Waals surface area contributed by atoms with Crippen LogP contribution < -0.4 is 10.0 Å². The third kappa shape index (κ3) is 6.11. The van der Waals surface area contributed by atoms with Crippen LogP contribution in [0.25, 0.3) is 0 Å². The SMILES string of the molecule is CS(=O)(=O)NCCNC(CCO)c1ccccc1. The lowest BCUT2D eigenvalue weighted by Crippen LogP contribution is -2.33. The van der Waals surface area contributed by atoms with Crippen LogP contribution in [0, 0.1) is 0 Å². The molecule has 0 amide bonds. The third-order valence-corrected chi connectivity index (χ3v) is 3.23. The van der Waals surface area contributed by atoms with Gasteiger partial charge in [-0.3, -0.25) is 0 Å². The molecule has 1 aromatic rings. The Hall–Kier alpha value is -0.950. The molecule has 0 aliphatic carbocycles. The van der Waals surface area contributed by atoms with Crippen LogP contribution in [0.15, 0.2) is 30.3 Å². The quantitative estimate of drug-likeness (QED) is 0.593. The van der Waals surface area contributed by atoms with Gasteiger partial charge in [0, 0.05) is 25.7 Å². The van der Waals surface area contributed by atoms with Gasteiger partial charge in [-0.2, -0.15) is 0 Å². The number of sulfonamides is 1. The van der Waals surface area contributed by atoms with Crippen LogP contribution in [-0.2, 0) is 10.0 Å². The van der Waals surface area contributed by atoms with E-state index in [0.717, 1.165) is 11.8 Å². The number of aliphatic hydroxyl groups is 1. The van der Waals surface area contributed by atoms with Gasteiger partial charge in [-0.15, -0.1) is 0 Å². The van der Waals surface area contributed by atoms with E-state index < -0.39 is 10.0 Å². The maximum absolute atomic E-state index is 10.9. The van der Waals surface area contributed by atoms with E-state index in [4.69, 9.17) is 5.11 Å². The van der Waals surface area contributed by atoms with Crippen molar-refractivity contribution in [2.75, 3.05) is 26.0 Å². The number of rotatable bonds is 8. The van der Waals surface area contributed by atoms with Gasteiger partial charge in [0.25, 0.3) is 0 Å². The molecular formula is C12H20N2O3S. The summed E-state index contributed by atoms with van der Waals surface area (Å²) in [6.45, 7) is 0.951. The molecule has 18 heavy (non-hydrogen) atoms. The summed E-state index contributed by atoms with van der Waals surface area (Å²) in [6, 6.07) is 9.82. The van der Waals surface area contributed by atoms with Gasteiger partial charge in [0.05, 0.1) is 6.26 Å². The second-order valence-corrected chi connectivity index (χ2v) is 5.93. The van der Waals surface area contributed by atoms with Crippen LogP contribution >= 0.6 is 0 Å². The second-order valence-electron chi connectivity index (χ2n) is 4.10. The fourth-order valence-corrected chi connectivity index (χ4v) is 2.16. The van der Waals surface area contributed by atoms with Gasteiger partial charge >= 0.3 is 0 Å². The van der Waals surface area contributed by atoms with Crippen molar-refractivity contribution < 1.29 is 13.5 Å². The van der Waals surface area contributed by atoms with E-state index in [0.29, 0.717) is 19.5 Å². The molecule has 1 unspecified atom stereocenters. The van der Waals surface area contributed by atoms with Crippen LogP contribution in [0.4, 0.5) is 0 Å². The molecule has 0 fully saturated rings. The lowest BCUT2D eigenvalue weighted by atomic mass is 10.0. The molecule has 6 heteroatoms. The van der Waals surface area contributed by atoms with Crippen molar-refractivity contribution >= 4 is 10.0 Å². The van der Waals surface area contributed by atoms with Gasteiger partial charge in [-0.1, -0.05) is 30.3 Å². The molecule has 0 heterocycles. The van der Waals surface area contributed by atoms with Crippen LogP contribution in [-0.4, -0.2) is 39.5 Å². The minimum Gasteiger partial charge on any atom is -0.396 e. The maximum atomic E-state index is 10.9. The fraction of sp³-hybridized carbons (Fsp3) is 0.500. The van der Waals surface area contributed by atoms with Crippen molar-refractivity contribution in [1.82, 2.24) is 10.0 Å². The molecule has 0 radical (unpaired) electrons. The van der Waals surface area contributed by atoms with E-state index in [2.05, 4.69) is 10.0 Å². The average molecular weight is 272 g/mol. The molecule has 0 aromatic heterocycles. The zero-order chi connectivity index (χ0) is 13.4. The summed E-state index contributed by atoms with van der Waals surface area (Å²) in [5, 5.41) is 12.3. The molecule has 1 atom stereocenters. The second kappa shape index (κ2) is 7.48. The topological polar surface area (TPSA) is 78.4 Å². The van der Waals surface area contributed by atoms with Crippen molar-refractivity contribution in [3.05, 3.63) is 35.9 Å². The first-order valence-electron chi connectivity index (χ1n) is 5.87. The van der Waals surface area contributed by atoms with Crippen molar-refractivity contribution in [1.29, 1.82) is 0 Å². The summed E-state index contributed by atoms with van der Waals surface area (Å²) in [7, 11) is -3.14. The van der Waals surface area contributed by atoms with Gasteiger partial charge in [0.15, 0.2) is 0 Å². The standard InChI is InChI=1S/C12H20N2O3S/c1-18(16,17)14-9-8-13-12(7-10-15)11-5-3-2-4-6-11/h2-6,12-15H,7-10H2,1H3. The Morgan fingerprint density at radius 3 is 2.44 bits per heavy atom. The zero-order valence-electron chi connectivity index (χ0n) is 10.5. The van der Waals surface area contributed by atoms with Crippen LogP contribution in [0.3, 0.4) is 0 Å². The Bertz CT molecular complexity index is 434. The highest BCUT2D eigenvalue weighted by atomic mass is 32.2. The Labute approximate surface area is 108 Å².